The summed E-state index contributed by atoms with van der Waals surface area (Å²) >= 11 is 7.89. The number of aryl methyl sites for hydroxylation is 2. The predicted molar refractivity (Wildman–Crippen MR) is 152 cm³/mol. The number of hydrogen-bond donors (Lipinski definition) is 1. The van der Waals surface area contributed by atoms with Crippen LogP contribution in [0, 0.1) is 20.8 Å². The number of nitrogens with zero attached hydrogens (tertiary/aromatic N) is 4. The average molecular weight is 532 g/mol. The van der Waals surface area contributed by atoms with Crippen LogP contribution < -0.4 is 5.32 Å². The Labute approximate surface area is 226 Å². The zero-order valence-corrected chi connectivity index (χ0v) is 23.5. The van der Waals surface area contributed by atoms with Gasteiger partial charge in [0.1, 0.15) is 16.9 Å². The van der Waals surface area contributed by atoms with Gasteiger partial charge in [-0.05, 0) is 61.6 Å². The van der Waals surface area contributed by atoms with Crippen molar-refractivity contribution >= 4 is 40.2 Å². The van der Waals surface area contributed by atoms with Gasteiger partial charge in [-0.15, -0.1) is 21.5 Å². The van der Waals surface area contributed by atoms with Gasteiger partial charge in [0, 0.05) is 26.7 Å². The van der Waals surface area contributed by atoms with Gasteiger partial charge < -0.3 is 5.32 Å². The summed E-state index contributed by atoms with van der Waals surface area (Å²) in [6.07, 6.45) is 0.142. The van der Waals surface area contributed by atoms with Crippen LogP contribution in [-0.4, -0.2) is 26.4 Å². The van der Waals surface area contributed by atoms with Crippen molar-refractivity contribution in [1.82, 2.24) is 14.8 Å². The molecule has 3 heterocycles. The fraction of sp³-hybridized carbons (Fsp3) is 0.310. The van der Waals surface area contributed by atoms with E-state index in [1.54, 1.807) is 11.3 Å². The van der Waals surface area contributed by atoms with E-state index < -0.39 is 6.04 Å². The quantitative estimate of drug-likeness (QED) is 0.304. The van der Waals surface area contributed by atoms with E-state index in [1.165, 1.54) is 10.4 Å². The van der Waals surface area contributed by atoms with Gasteiger partial charge in [-0.3, -0.25) is 14.4 Å². The minimum Gasteiger partial charge on any atom is -0.326 e. The number of carbonyl (C=O) groups excluding carboxylic acids is 1. The summed E-state index contributed by atoms with van der Waals surface area (Å²) in [5, 5.41) is 13.6. The van der Waals surface area contributed by atoms with Crippen LogP contribution in [0.15, 0.2) is 53.5 Å². The third-order valence-corrected chi connectivity index (χ3v) is 8.21. The van der Waals surface area contributed by atoms with E-state index in [9.17, 15) is 4.79 Å². The Bertz CT molecular complexity index is 1510. The smallest absolute Gasteiger partial charge is 0.227 e. The molecule has 1 N–H and O–H groups in total. The molecular weight excluding hydrogens is 502 g/mol. The molecule has 1 atom stereocenters. The molecule has 0 aliphatic carbocycles. The van der Waals surface area contributed by atoms with Gasteiger partial charge in [-0.25, -0.2) is 0 Å². The summed E-state index contributed by atoms with van der Waals surface area (Å²) in [6.45, 7) is 12.7. The molecule has 0 radical (unpaired) electrons. The highest BCUT2D eigenvalue weighted by Crippen LogP contribution is 2.39. The van der Waals surface area contributed by atoms with E-state index in [1.807, 2.05) is 43.3 Å². The number of fused-ring (bicyclic) bond motifs is 3. The van der Waals surface area contributed by atoms with Gasteiger partial charge in [0.15, 0.2) is 5.82 Å². The van der Waals surface area contributed by atoms with Crippen molar-refractivity contribution in [3.8, 4) is 5.00 Å². The highest BCUT2D eigenvalue weighted by atomic mass is 35.5. The summed E-state index contributed by atoms with van der Waals surface area (Å²) in [5.41, 5.74) is 6.03. The van der Waals surface area contributed by atoms with Crippen LogP contribution in [0.5, 0.6) is 0 Å². The number of nitrogens with one attached hydrogen (secondary N) is 1. The molecule has 0 saturated heterocycles. The molecule has 190 valence electrons. The van der Waals surface area contributed by atoms with Crippen molar-refractivity contribution < 1.29 is 4.79 Å². The van der Waals surface area contributed by atoms with Gasteiger partial charge in [0.25, 0.3) is 0 Å². The van der Waals surface area contributed by atoms with Gasteiger partial charge in [-0.1, -0.05) is 56.6 Å². The second-order valence-electron chi connectivity index (χ2n) is 10.5. The number of rotatable bonds is 4. The first-order chi connectivity index (χ1) is 17.5. The Kier molecular flexibility index (Phi) is 6.54. The van der Waals surface area contributed by atoms with Gasteiger partial charge in [0.05, 0.1) is 12.1 Å². The number of amides is 1. The van der Waals surface area contributed by atoms with E-state index >= 15 is 0 Å². The maximum atomic E-state index is 13.3. The van der Waals surface area contributed by atoms with Crippen LogP contribution in [0.25, 0.3) is 5.00 Å². The molecule has 5 rings (SSSR count). The molecule has 0 saturated carbocycles. The van der Waals surface area contributed by atoms with E-state index in [4.69, 9.17) is 16.6 Å². The van der Waals surface area contributed by atoms with Gasteiger partial charge >= 0.3 is 0 Å². The number of anilines is 1. The minimum absolute atomic E-state index is 0.0495. The third-order valence-electron chi connectivity index (χ3n) is 6.77. The number of benzene rings is 2. The standard InChI is InChI=1S/C29H30ClN5OS/c1-16-17(2)37-28-25(16)26(19-7-11-21(30)12-8-19)32-23(27-34-33-18(3)35(27)28)15-24(36)31-22-13-9-20(10-14-22)29(4,5)6/h7-14,23H,15H2,1-6H3,(H,31,36). The highest BCUT2D eigenvalue weighted by molar-refractivity contribution is 7.15. The lowest BCUT2D eigenvalue weighted by molar-refractivity contribution is -0.116. The second-order valence-corrected chi connectivity index (χ2v) is 12.1. The molecule has 8 heteroatoms. The molecule has 0 bridgehead atoms. The fourth-order valence-corrected chi connectivity index (χ4v) is 5.91. The summed E-state index contributed by atoms with van der Waals surface area (Å²) < 4.78 is 2.06. The van der Waals surface area contributed by atoms with Crippen molar-refractivity contribution in [2.45, 2.75) is 59.4 Å². The monoisotopic (exact) mass is 531 g/mol. The molecular formula is C29H30ClN5OS. The number of hydrogen-bond acceptors (Lipinski definition) is 5. The lowest BCUT2D eigenvalue weighted by Crippen LogP contribution is -2.17. The molecule has 4 aromatic rings. The van der Waals surface area contributed by atoms with Gasteiger partial charge in [-0.2, -0.15) is 0 Å². The van der Waals surface area contributed by atoms with Crippen molar-refractivity contribution in [3.05, 3.63) is 92.3 Å². The predicted octanol–water partition coefficient (Wildman–Crippen LogP) is 7.13. The van der Waals surface area contributed by atoms with Crippen LogP contribution in [0.4, 0.5) is 5.69 Å². The van der Waals surface area contributed by atoms with Gasteiger partial charge in [0.2, 0.25) is 5.91 Å². The molecule has 37 heavy (non-hydrogen) atoms. The Hall–Kier alpha value is -3.29. The topological polar surface area (TPSA) is 72.2 Å². The Morgan fingerprint density at radius 1 is 1.03 bits per heavy atom. The summed E-state index contributed by atoms with van der Waals surface area (Å²) in [5.74, 6) is 1.31. The maximum Gasteiger partial charge on any atom is 0.227 e. The van der Waals surface area contributed by atoms with E-state index in [-0.39, 0.29) is 17.7 Å². The Morgan fingerprint density at radius 2 is 1.70 bits per heavy atom. The number of aromatic nitrogens is 3. The Balaban J connectivity index is 1.54. The molecule has 0 spiro atoms. The first kappa shape index (κ1) is 25.4. The molecule has 1 aliphatic rings. The lowest BCUT2D eigenvalue weighted by Gasteiger charge is -2.19. The fourth-order valence-electron chi connectivity index (χ4n) is 4.57. The summed E-state index contributed by atoms with van der Waals surface area (Å²) in [6, 6.07) is 15.2. The zero-order chi connectivity index (χ0) is 26.5. The Morgan fingerprint density at radius 3 is 2.35 bits per heavy atom. The molecule has 1 amide bonds. The maximum absolute atomic E-state index is 13.3. The number of thiophene rings is 1. The second kappa shape index (κ2) is 9.54. The SMILES string of the molecule is Cc1sc2c(c1C)C(c1ccc(Cl)cc1)=NC(CC(=O)Nc1ccc(C(C)(C)C)cc1)c1nnc(C)n1-2. The van der Waals surface area contributed by atoms with Crippen molar-refractivity contribution in [2.24, 2.45) is 4.99 Å². The first-order valence-corrected chi connectivity index (χ1v) is 13.5. The molecule has 6 nitrogen and oxygen atoms in total. The minimum atomic E-state index is -0.500. The largest absolute Gasteiger partial charge is 0.326 e. The molecule has 2 aromatic carbocycles. The molecule has 0 fully saturated rings. The number of aliphatic imine (C=N–C) groups is 1. The van der Waals surface area contributed by atoms with E-state index in [2.05, 4.69) is 66.8 Å². The van der Waals surface area contributed by atoms with E-state index in [0.717, 1.165) is 38.9 Å². The third kappa shape index (κ3) is 4.86. The lowest BCUT2D eigenvalue weighted by atomic mass is 9.87. The van der Waals surface area contributed by atoms with E-state index in [0.29, 0.717) is 10.8 Å². The molecule has 2 aromatic heterocycles. The highest BCUT2D eigenvalue weighted by Gasteiger charge is 2.32. The van der Waals surface area contributed by atoms with Crippen LogP contribution in [-0.2, 0) is 10.2 Å². The van der Waals surface area contributed by atoms with Crippen LogP contribution in [0.1, 0.15) is 72.0 Å². The molecule has 1 unspecified atom stereocenters. The molecule has 1 aliphatic heterocycles. The summed E-state index contributed by atoms with van der Waals surface area (Å²) in [4.78, 5) is 19.6. The average Bonchev–Trinajstić information content (AvgIpc) is 3.31. The van der Waals surface area contributed by atoms with Crippen molar-refractivity contribution in [1.29, 1.82) is 0 Å². The van der Waals surface area contributed by atoms with Crippen molar-refractivity contribution in [3.63, 3.8) is 0 Å². The number of halogens is 1. The van der Waals surface area contributed by atoms with Crippen LogP contribution >= 0.6 is 22.9 Å². The van der Waals surface area contributed by atoms with Crippen LogP contribution in [0.2, 0.25) is 5.02 Å². The summed E-state index contributed by atoms with van der Waals surface area (Å²) in [7, 11) is 0. The number of carbonyl (C=O) groups is 1. The first-order valence-electron chi connectivity index (χ1n) is 12.3. The zero-order valence-electron chi connectivity index (χ0n) is 21.9. The van der Waals surface area contributed by atoms with Crippen molar-refractivity contribution in [2.75, 3.05) is 5.32 Å². The normalized spacial score (nSPS) is 15.0. The van der Waals surface area contributed by atoms with Crippen LogP contribution in [0.3, 0.4) is 0 Å².